The van der Waals surface area contributed by atoms with Gasteiger partial charge in [0.2, 0.25) is 0 Å². The van der Waals surface area contributed by atoms with Crippen LogP contribution in [-0.4, -0.2) is 6.54 Å². The highest BCUT2D eigenvalue weighted by atomic mass is 35.5. The topological polar surface area (TPSA) is 12.0 Å². The Kier molecular flexibility index (Phi) is 5.89. The monoisotopic (exact) mass is 257 g/mol. The molecule has 1 unspecified atom stereocenters. The van der Waals surface area contributed by atoms with Crippen LogP contribution in [0.3, 0.4) is 0 Å². The van der Waals surface area contributed by atoms with Crippen LogP contribution < -0.4 is 5.32 Å². The van der Waals surface area contributed by atoms with Crippen molar-refractivity contribution in [1.29, 1.82) is 0 Å². The van der Waals surface area contributed by atoms with E-state index in [0.717, 1.165) is 19.4 Å². The second-order valence-corrected chi connectivity index (χ2v) is 4.48. The molecule has 0 amide bonds. The fraction of sp³-hybridized carbons (Fsp3) is 0.385. The minimum absolute atomic E-state index is 0.328. The van der Waals surface area contributed by atoms with E-state index in [4.69, 9.17) is 23.2 Å². The lowest BCUT2D eigenvalue weighted by Crippen LogP contribution is -2.21. The molecule has 0 fully saturated rings. The fourth-order valence-electron chi connectivity index (χ4n) is 1.59. The first kappa shape index (κ1) is 13.6. The Bertz CT molecular complexity index is 350. The predicted octanol–water partition coefficient (Wildman–Crippen LogP) is 4.61. The van der Waals surface area contributed by atoms with Crippen LogP contribution in [0.15, 0.2) is 30.9 Å². The molecule has 1 aromatic rings. The Morgan fingerprint density at radius 2 is 2.12 bits per heavy atom. The quantitative estimate of drug-likeness (QED) is 0.580. The van der Waals surface area contributed by atoms with Gasteiger partial charge in [-0.1, -0.05) is 42.3 Å². The summed E-state index contributed by atoms with van der Waals surface area (Å²) in [4.78, 5) is 0. The molecule has 0 aliphatic carbocycles. The Hall–Kier alpha value is -0.500. The average molecular weight is 258 g/mol. The summed E-state index contributed by atoms with van der Waals surface area (Å²) in [7, 11) is 0. The largest absolute Gasteiger partial charge is 0.310 e. The van der Waals surface area contributed by atoms with Crippen molar-refractivity contribution in [3.8, 4) is 0 Å². The zero-order valence-electron chi connectivity index (χ0n) is 9.47. The molecule has 0 saturated carbocycles. The van der Waals surface area contributed by atoms with Crippen molar-refractivity contribution < 1.29 is 0 Å². The molecule has 1 N–H and O–H groups in total. The van der Waals surface area contributed by atoms with Crippen LogP contribution in [0.25, 0.3) is 0 Å². The zero-order valence-corrected chi connectivity index (χ0v) is 11.0. The lowest BCUT2D eigenvalue weighted by Gasteiger charge is -2.17. The van der Waals surface area contributed by atoms with E-state index in [0.29, 0.717) is 16.1 Å². The minimum atomic E-state index is 0.328. The van der Waals surface area contributed by atoms with Crippen LogP contribution in [0.1, 0.15) is 31.4 Å². The van der Waals surface area contributed by atoms with E-state index >= 15 is 0 Å². The van der Waals surface area contributed by atoms with Crippen LogP contribution >= 0.6 is 23.2 Å². The Balaban J connectivity index is 2.70. The predicted molar refractivity (Wildman–Crippen MR) is 72.3 cm³/mol. The molecule has 88 valence electrons. The van der Waals surface area contributed by atoms with E-state index in [1.54, 1.807) is 0 Å². The molecule has 16 heavy (non-hydrogen) atoms. The standard InChI is InChI=1S/C13H17Cl2N/c1-3-5-8-16-13(4-2)10-6-7-11(14)12(15)9-10/h3,6-7,9,13,16H,1,4-5,8H2,2H3. The molecule has 0 aromatic heterocycles. The maximum Gasteiger partial charge on any atom is 0.0595 e. The maximum atomic E-state index is 6.00. The van der Waals surface area contributed by atoms with Gasteiger partial charge in [-0.05, 0) is 37.1 Å². The molecule has 0 radical (unpaired) electrons. The van der Waals surface area contributed by atoms with Crippen LogP contribution in [0, 0.1) is 0 Å². The second-order valence-electron chi connectivity index (χ2n) is 3.67. The van der Waals surface area contributed by atoms with Crippen molar-refractivity contribution in [3.63, 3.8) is 0 Å². The van der Waals surface area contributed by atoms with Crippen LogP contribution in [0.5, 0.6) is 0 Å². The van der Waals surface area contributed by atoms with E-state index in [9.17, 15) is 0 Å². The van der Waals surface area contributed by atoms with E-state index < -0.39 is 0 Å². The van der Waals surface area contributed by atoms with Gasteiger partial charge >= 0.3 is 0 Å². The number of halogens is 2. The lowest BCUT2D eigenvalue weighted by molar-refractivity contribution is 0.525. The first-order valence-corrected chi connectivity index (χ1v) is 6.23. The number of nitrogens with one attached hydrogen (secondary N) is 1. The van der Waals surface area contributed by atoms with Gasteiger partial charge in [0.1, 0.15) is 0 Å². The summed E-state index contributed by atoms with van der Waals surface area (Å²) >= 11 is 11.9. The Morgan fingerprint density at radius 1 is 1.38 bits per heavy atom. The maximum absolute atomic E-state index is 6.00. The van der Waals surface area contributed by atoms with Gasteiger partial charge in [0.05, 0.1) is 10.0 Å². The third-order valence-corrected chi connectivity index (χ3v) is 3.23. The summed E-state index contributed by atoms with van der Waals surface area (Å²) in [6, 6.07) is 6.12. The summed E-state index contributed by atoms with van der Waals surface area (Å²) < 4.78 is 0. The molecule has 0 bridgehead atoms. The molecular formula is C13H17Cl2N. The Labute approximate surface area is 107 Å². The smallest absolute Gasteiger partial charge is 0.0595 e. The highest BCUT2D eigenvalue weighted by molar-refractivity contribution is 6.42. The summed E-state index contributed by atoms with van der Waals surface area (Å²) in [5.74, 6) is 0. The number of hydrogen-bond acceptors (Lipinski definition) is 1. The minimum Gasteiger partial charge on any atom is -0.310 e. The molecule has 0 saturated heterocycles. The summed E-state index contributed by atoms with van der Waals surface area (Å²) in [5, 5.41) is 4.68. The first-order chi connectivity index (χ1) is 7.69. The van der Waals surface area contributed by atoms with Crippen molar-refractivity contribution in [2.24, 2.45) is 0 Å². The molecular weight excluding hydrogens is 241 g/mol. The van der Waals surface area contributed by atoms with Crippen molar-refractivity contribution in [2.75, 3.05) is 6.54 Å². The summed E-state index contributed by atoms with van der Waals surface area (Å²) in [5.41, 5.74) is 1.18. The van der Waals surface area contributed by atoms with Crippen LogP contribution in [0.4, 0.5) is 0 Å². The van der Waals surface area contributed by atoms with Crippen molar-refractivity contribution >= 4 is 23.2 Å². The lowest BCUT2D eigenvalue weighted by atomic mass is 10.0. The second kappa shape index (κ2) is 6.95. The van der Waals surface area contributed by atoms with Gasteiger partial charge < -0.3 is 5.32 Å². The van der Waals surface area contributed by atoms with E-state index in [-0.39, 0.29) is 0 Å². The van der Waals surface area contributed by atoms with Gasteiger partial charge in [0.15, 0.2) is 0 Å². The van der Waals surface area contributed by atoms with Gasteiger partial charge in [0, 0.05) is 6.04 Å². The molecule has 0 heterocycles. The van der Waals surface area contributed by atoms with Gasteiger partial charge in [0.25, 0.3) is 0 Å². The van der Waals surface area contributed by atoms with Gasteiger partial charge in [-0.2, -0.15) is 0 Å². The number of rotatable bonds is 6. The fourth-order valence-corrected chi connectivity index (χ4v) is 1.89. The third kappa shape index (κ3) is 3.82. The first-order valence-electron chi connectivity index (χ1n) is 5.48. The molecule has 1 atom stereocenters. The molecule has 1 rings (SSSR count). The molecule has 1 aromatic carbocycles. The van der Waals surface area contributed by atoms with Gasteiger partial charge in [-0.25, -0.2) is 0 Å². The van der Waals surface area contributed by atoms with Gasteiger partial charge in [-0.3, -0.25) is 0 Å². The van der Waals surface area contributed by atoms with E-state index in [2.05, 4.69) is 18.8 Å². The number of hydrogen-bond donors (Lipinski definition) is 1. The highest BCUT2D eigenvalue weighted by Crippen LogP contribution is 2.26. The van der Waals surface area contributed by atoms with Crippen molar-refractivity contribution in [3.05, 3.63) is 46.5 Å². The normalized spacial score (nSPS) is 12.4. The van der Waals surface area contributed by atoms with Crippen molar-refractivity contribution in [2.45, 2.75) is 25.8 Å². The van der Waals surface area contributed by atoms with Gasteiger partial charge in [-0.15, -0.1) is 6.58 Å². The molecule has 1 nitrogen and oxygen atoms in total. The molecule has 0 aliphatic rings. The summed E-state index contributed by atoms with van der Waals surface area (Å²) in [6.07, 6.45) is 3.90. The molecule has 0 spiro atoms. The third-order valence-electron chi connectivity index (χ3n) is 2.49. The molecule has 3 heteroatoms. The zero-order chi connectivity index (χ0) is 12.0. The average Bonchev–Trinajstić information content (AvgIpc) is 2.29. The summed E-state index contributed by atoms with van der Waals surface area (Å²) in [6.45, 7) is 6.78. The number of benzene rings is 1. The van der Waals surface area contributed by atoms with E-state index in [1.807, 2.05) is 24.3 Å². The van der Waals surface area contributed by atoms with E-state index in [1.165, 1.54) is 5.56 Å². The van der Waals surface area contributed by atoms with Crippen LogP contribution in [-0.2, 0) is 0 Å². The van der Waals surface area contributed by atoms with Crippen LogP contribution in [0.2, 0.25) is 10.0 Å². The SMILES string of the molecule is C=CCCNC(CC)c1ccc(Cl)c(Cl)c1. The van der Waals surface area contributed by atoms with Crippen molar-refractivity contribution in [1.82, 2.24) is 5.32 Å². The highest BCUT2D eigenvalue weighted by Gasteiger charge is 2.09. The Morgan fingerprint density at radius 3 is 2.69 bits per heavy atom. The molecule has 0 aliphatic heterocycles.